The maximum atomic E-state index is 11.7. The lowest BCUT2D eigenvalue weighted by Gasteiger charge is -2.22. The van der Waals surface area contributed by atoms with Gasteiger partial charge in [0.25, 0.3) is 0 Å². The highest BCUT2D eigenvalue weighted by Gasteiger charge is 2.58. The quantitative estimate of drug-likeness (QED) is 0.473. The first-order valence-corrected chi connectivity index (χ1v) is 10.8. The topological polar surface area (TPSA) is 120 Å². The number of imidazole rings is 1. The van der Waals surface area contributed by atoms with Gasteiger partial charge in [-0.05, 0) is 54.1 Å². The number of anilines is 1. The molecule has 2 saturated heterocycles. The van der Waals surface area contributed by atoms with Crippen LogP contribution in [0, 0.1) is 3.57 Å². The zero-order valence-corrected chi connectivity index (χ0v) is 18.9. The molecule has 2 aliphatic rings. The predicted octanol–water partition coefficient (Wildman–Crippen LogP) is 2.39. The average molecular weight is 537 g/mol. The molecule has 0 amide bonds. The molecule has 4 heterocycles. The van der Waals surface area contributed by atoms with Gasteiger partial charge >= 0.3 is 5.97 Å². The normalized spacial score (nSPS) is 26.8. The molecule has 0 aliphatic carbocycles. The van der Waals surface area contributed by atoms with E-state index in [4.69, 9.17) is 14.2 Å². The van der Waals surface area contributed by atoms with E-state index in [1.807, 2.05) is 18.2 Å². The maximum Gasteiger partial charge on any atom is 0.335 e. The zero-order valence-electron chi connectivity index (χ0n) is 16.7. The van der Waals surface area contributed by atoms with Crippen molar-refractivity contribution < 1.29 is 24.1 Å². The molecule has 31 heavy (non-hydrogen) atoms. The molecule has 0 radical (unpaired) electrons. The molecule has 2 N–H and O–H groups in total. The highest BCUT2D eigenvalue weighted by Crippen LogP contribution is 2.45. The molecular formula is C20H20IN5O5. The molecule has 2 fully saturated rings. The summed E-state index contributed by atoms with van der Waals surface area (Å²) in [5.74, 6) is -1.43. The van der Waals surface area contributed by atoms with Crippen LogP contribution in [-0.2, 0) is 25.5 Å². The summed E-state index contributed by atoms with van der Waals surface area (Å²) in [6.07, 6.45) is -0.103. The lowest BCUT2D eigenvalue weighted by molar-refractivity contribution is -0.195. The van der Waals surface area contributed by atoms with Crippen LogP contribution in [0.25, 0.3) is 5.65 Å². The third-order valence-corrected chi connectivity index (χ3v) is 5.94. The van der Waals surface area contributed by atoms with Gasteiger partial charge in [-0.15, -0.1) is 0 Å². The van der Waals surface area contributed by atoms with Crippen molar-refractivity contribution in [2.45, 2.75) is 50.6 Å². The summed E-state index contributed by atoms with van der Waals surface area (Å²) < 4.78 is 20.4. The number of aromatic nitrogens is 4. The molecular weight excluding hydrogens is 517 g/mol. The average Bonchev–Trinajstić information content (AvgIpc) is 3.37. The number of benzene rings is 1. The second kappa shape index (κ2) is 7.65. The Balaban J connectivity index is 1.45. The third kappa shape index (κ3) is 3.75. The first-order chi connectivity index (χ1) is 14.8. The smallest absolute Gasteiger partial charge is 0.335 e. The Hall–Kier alpha value is -2.35. The van der Waals surface area contributed by atoms with E-state index >= 15 is 0 Å². The number of aliphatic carboxylic acids is 1. The molecule has 4 atom stereocenters. The molecule has 11 heteroatoms. The van der Waals surface area contributed by atoms with Crippen LogP contribution in [0.5, 0.6) is 0 Å². The van der Waals surface area contributed by atoms with Crippen LogP contribution in [0.15, 0.2) is 36.8 Å². The Bertz CT molecular complexity index is 1150. The first-order valence-electron chi connectivity index (χ1n) is 9.73. The van der Waals surface area contributed by atoms with Crippen molar-refractivity contribution in [1.29, 1.82) is 0 Å². The lowest BCUT2D eigenvalue weighted by Crippen LogP contribution is -2.35. The number of nitrogens with zero attached hydrogens (tertiary/aromatic N) is 4. The van der Waals surface area contributed by atoms with Crippen LogP contribution in [0.2, 0.25) is 0 Å². The molecule has 5 rings (SSSR count). The van der Waals surface area contributed by atoms with Crippen molar-refractivity contribution in [3.8, 4) is 0 Å². The second-order valence-corrected chi connectivity index (χ2v) is 9.14. The minimum Gasteiger partial charge on any atom is -0.479 e. The van der Waals surface area contributed by atoms with Gasteiger partial charge in [0.05, 0.1) is 11.9 Å². The van der Waals surface area contributed by atoms with E-state index in [-0.39, 0.29) is 0 Å². The van der Waals surface area contributed by atoms with Gasteiger partial charge in [0.2, 0.25) is 0 Å². The molecule has 10 nitrogen and oxygen atoms in total. The molecule has 1 aromatic carbocycles. The maximum absolute atomic E-state index is 11.7. The van der Waals surface area contributed by atoms with Crippen molar-refractivity contribution in [1.82, 2.24) is 19.6 Å². The largest absolute Gasteiger partial charge is 0.479 e. The number of carboxylic acid groups (broad SMARTS) is 1. The molecule has 3 aromatic rings. The highest BCUT2D eigenvalue weighted by atomic mass is 127. The van der Waals surface area contributed by atoms with Crippen LogP contribution in [0.1, 0.15) is 31.2 Å². The van der Waals surface area contributed by atoms with E-state index in [1.165, 1.54) is 6.33 Å². The Morgan fingerprint density at radius 2 is 2.10 bits per heavy atom. The SMILES string of the molecule is CC1(C)O[C@@H]2[C@H](O1)[C@@H](C(=O)O)O[C@H]2c1cnc2c(NCc3cccc(I)c3)ncnn12. The summed E-state index contributed by atoms with van der Waals surface area (Å²) in [5, 5.41) is 17.2. The van der Waals surface area contributed by atoms with Crippen molar-refractivity contribution in [2.75, 3.05) is 5.32 Å². The Morgan fingerprint density at radius 1 is 1.29 bits per heavy atom. The van der Waals surface area contributed by atoms with Crippen LogP contribution in [-0.4, -0.2) is 54.8 Å². The molecule has 2 aliphatic heterocycles. The molecule has 162 valence electrons. The van der Waals surface area contributed by atoms with Gasteiger partial charge in [-0.3, -0.25) is 0 Å². The molecule has 0 unspecified atom stereocenters. The first kappa shape index (κ1) is 20.5. The van der Waals surface area contributed by atoms with Gasteiger partial charge in [-0.2, -0.15) is 5.10 Å². The summed E-state index contributed by atoms with van der Waals surface area (Å²) in [6, 6.07) is 8.14. The van der Waals surface area contributed by atoms with Crippen molar-refractivity contribution in [3.63, 3.8) is 0 Å². The Kier molecular flexibility index (Phi) is 5.07. The molecule has 0 saturated carbocycles. The second-order valence-electron chi connectivity index (χ2n) is 7.89. The van der Waals surface area contributed by atoms with Crippen molar-refractivity contribution >= 4 is 40.0 Å². The number of rotatable bonds is 5. The summed E-state index contributed by atoms with van der Waals surface area (Å²) in [6.45, 7) is 4.08. The summed E-state index contributed by atoms with van der Waals surface area (Å²) >= 11 is 2.27. The van der Waals surface area contributed by atoms with Gasteiger partial charge < -0.3 is 24.6 Å². The van der Waals surface area contributed by atoms with E-state index in [0.717, 1.165) is 9.13 Å². The van der Waals surface area contributed by atoms with Crippen LogP contribution < -0.4 is 5.32 Å². The third-order valence-electron chi connectivity index (χ3n) is 5.27. The van der Waals surface area contributed by atoms with Gasteiger partial charge in [0.1, 0.15) is 24.6 Å². The number of ether oxygens (including phenoxy) is 3. The minimum atomic E-state index is -1.14. The Labute approximate surface area is 191 Å². The van der Waals surface area contributed by atoms with Gasteiger partial charge in [0, 0.05) is 10.1 Å². The van der Waals surface area contributed by atoms with E-state index in [2.05, 4.69) is 49.0 Å². The van der Waals surface area contributed by atoms with E-state index < -0.39 is 36.2 Å². The lowest BCUT2D eigenvalue weighted by atomic mass is 10.1. The summed E-state index contributed by atoms with van der Waals surface area (Å²) in [4.78, 5) is 20.5. The van der Waals surface area contributed by atoms with Gasteiger partial charge in [-0.1, -0.05) is 12.1 Å². The predicted molar refractivity (Wildman–Crippen MR) is 116 cm³/mol. The number of nitrogens with one attached hydrogen (secondary N) is 1. The fraction of sp³-hybridized carbons (Fsp3) is 0.400. The molecule has 2 aromatic heterocycles. The number of hydrogen-bond acceptors (Lipinski definition) is 8. The zero-order chi connectivity index (χ0) is 21.8. The summed E-state index contributed by atoms with van der Waals surface area (Å²) in [5.41, 5.74) is 2.20. The number of carboxylic acids is 1. The van der Waals surface area contributed by atoms with E-state index in [1.54, 1.807) is 24.6 Å². The molecule has 0 bridgehead atoms. The molecule has 0 spiro atoms. The fourth-order valence-electron chi connectivity index (χ4n) is 4.02. The fourth-order valence-corrected chi connectivity index (χ4v) is 4.63. The van der Waals surface area contributed by atoms with Crippen molar-refractivity contribution in [2.24, 2.45) is 0 Å². The highest BCUT2D eigenvalue weighted by molar-refractivity contribution is 14.1. The van der Waals surface area contributed by atoms with Crippen LogP contribution >= 0.6 is 22.6 Å². The van der Waals surface area contributed by atoms with Crippen LogP contribution in [0.4, 0.5) is 5.82 Å². The van der Waals surface area contributed by atoms with Crippen molar-refractivity contribution in [3.05, 3.63) is 51.6 Å². The minimum absolute atomic E-state index is 0.514. The van der Waals surface area contributed by atoms with Gasteiger partial charge in [-0.25, -0.2) is 19.3 Å². The number of hydrogen-bond donors (Lipinski definition) is 2. The van der Waals surface area contributed by atoms with Gasteiger partial charge in [0.15, 0.2) is 23.4 Å². The number of halogens is 1. The number of carbonyl (C=O) groups is 1. The van der Waals surface area contributed by atoms with E-state index in [0.29, 0.717) is 23.7 Å². The van der Waals surface area contributed by atoms with E-state index in [9.17, 15) is 9.90 Å². The Morgan fingerprint density at radius 3 is 2.87 bits per heavy atom. The monoisotopic (exact) mass is 537 g/mol. The standard InChI is InChI=1S/C20H20IN5O5/c1-20(2)30-14-13(29-16(19(27)28)15(14)31-20)12-8-23-18-17(24-9-25-26(12)18)22-7-10-4-3-5-11(21)6-10/h3-6,8-9,13-16H,7H2,1-2H3,(H,27,28)(H,22,24,25)/t13-,14-,15-,16-/m0/s1. The summed E-state index contributed by atoms with van der Waals surface area (Å²) in [7, 11) is 0. The van der Waals surface area contributed by atoms with Crippen LogP contribution in [0.3, 0.4) is 0 Å². The number of fused-ring (bicyclic) bond motifs is 2.